The molecule has 2 aromatic carbocycles. The van der Waals surface area contributed by atoms with Gasteiger partial charge in [-0.15, -0.1) is 0 Å². The maximum Gasteiger partial charge on any atom is 0.251 e. The molecule has 100 valence electrons. The van der Waals surface area contributed by atoms with Crippen LogP contribution >= 0.6 is 22.6 Å². The Morgan fingerprint density at radius 1 is 1.10 bits per heavy atom. The minimum Gasteiger partial charge on any atom is -0.464 e. The van der Waals surface area contributed by atoms with Crippen LogP contribution < -0.4 is 5.32 Å². The van der Waals surface area contributed by atoms with E-state index in [4.69, 9.17) is 4.42 Å². The number of hydrogen-bond donors (Lipinski definition) is 1. The summed E-state index contributed by atoms with van der Waals surface area (Å²) in [7, 11) is 0. The van der Waals surface area contributed by atoms with Crippen LogP contribution in [0.4, 0.5) is 0 Å². The number of fused-ring (bicyclic) bond motifs is 1. The minimum absolute atomic E-state index is 0.0686. The van der Waals surface area contributed by atoms with Gasteiger partial charge in [0.15, 0.2) is 0 Å². The molecule has 1 amide bonds. The molecule has 0 bridgehead atoms. The largest absolute Gasteiger partial charge is 0.464 e. The minimum atomic E-state index is -0.0686. The second-order valence-electron chi connectivity index (χ2n) is 4.48. The fourth-order valence-electron chi connectivity index (χ4n) is 1.99. The van der Waals surface area contributed by atoms with Crippen molar-refractivity contribution in [3.8, 4) is 0 Å². The highest BCUT2D eigenvalue weighted by atomic mass is 127. The topological polar surface area (TPSA) is 42.2 Å². The van der Waals surface area contributed by atoms with Crippen molar-refractivity contribution in [3.63, 3.8) is 0 Å². The van der Waals surface area contributed by atoms with Gasteiger partial charge in [-0.2, -0.15) is 0 Å². The van der Waals surface area contributed by atoms with E-state index in [0.29, 0.717) is 12.1 Å². The van der Waals surface area contributed by atoms with Gasteiger partial charge in [0, 0.05) is 21.1 Å². The number of hydrogen-bond acceptors (Lipinski definition) is 2. The van der Waals surface area contributed by atoms with Crippen molar-refractivity contribution >= 4 is 39.5 Å². The van der Waals surface area contributed by atoms with E-state index in [0.717, 1.165) is 20.1 Å². The van der Waals surface area contributed by atoms with E-state index in [2.05, 4.69) is 27.9 Å². The molecular weight excluding hydrogens is 365 g/mol. The highest BCUT2D eigenvalue weighted by Gasteiger charge is 2.05. The van der Waals surface area contributed by atoms with Gasteiger partial charge >= 0.3 is 0 Å². The number of halogens is 1. The monoisotopic (exact) mass is 377 g/mol. The maximum absolute atomic E-state index is 12.0. The zero-order valence-corrected chi connectivity index (χ0v) is 12.8. The number of rotatable bonds is 3. The Morgan fingerprint density at radius 2 is 1.90 bits per heavy atom. The van der Waals surface area contributed by atoms with Gasteiger partial charge in [0.1, 0.15) is 5.58 Å². The Hall–Kier alpha value is -1.82. The lowest BCUT2D eigenvalue weighted by Gasteiger charge is -2.05. The summed E-state index contributed by atoms with van der Waals surface area (Å²) in [6.45, 7) is 0.488. The van der Waals surface area contributed by atoms with E-state index in [1.54, 1.807) is 6.26 Å². The second kappa shape index (κ2) is 5.66. The van der Waals surface area contributed by atoms with Crippen LogP contribution in [0.5, 0.6) is 0 Å². The van der Waals surface area contributed by atoms with Crippen molar-refractivity contribution < 1.29 is 9.21 Å². The summed E-state index contributed by atoms with van der Waals surface area (Å²) in [5, 5.41) is 3.98. The van der Waals surface area contributed by atoms with Gasteiger partial charge in [0.05, 0.1) is 6.26 Å². The Bertz CT molecular complexity index is 747. The molecule has 0 unspecified atom stereocenters. The van der Waals surface area contributed by atoms with Gasteiger partial charge < -0.3 is 9.73 Å². The molecule has 0 fully saturated rings. The predicted molar refractivity (Wildman–Crippen MR) is 86.5 cm³/mol. The van der Waals surface area contributed by atoms with Crippen molar-refractivity contribution in [3.05, 3.63) is 69.5 Å². The van der Waals surface area contributed by atoms with Gasteiger partial charge in [0.2, 0.25) is 0 Å². The first-order valence-corrected chi connectivity index (χ1v) is 7.30. The summed E-state index contributed by atoms with van der Waals surface area (Å²) in [4.78, 5) is 12.0. The van der Waals surface area contributed by atoms with E-state index in [1.807, 2.05) is 48.5 Å². The van der Waals surface area contributed by atoms with E-state index >= 15 is 0 Å². The Labute approximate surface area is 130 Å². The lowest BCUT2D eigenvalue weighted by molar-refractivity contribution is 0.0951. The van der Waals surface area contributed by atoms with Crippen molar-refractivity contribution in [2.24, 2.45) is 0 Å². The van der Waals surface area contributed by atoms with Gasteiger partial charge in [-0.05, 0) is 64.6 Å². The average molecular weight is 377 g/mol. The molecule has 1 N–H and O–H groups in total. The molecule has 1 heterocycles. The molecule has 3 aromatic rings. The summed E-state index contributed by atoms with van der Waals surface area (Å²) in [6.07, 6.45) is 1.67. The zero-order chi connectivity index (χ0) is 13.9. The summed E-state index contributed by atoms with van der Waals surface area (Å²) in [5.74, 6) is -0.0686. The fourth-order valence-corrected chi connectivity index (χ4v) is 2.35. The molecule has 0 aliphatic rings. The molecule has 0 aliphatic carbocycles. The van der Waals surface area contributed by atoms with Crippen LogP contribution in [0.1, 0.15) is 15.9 Å². The number of carbonyl (C=O) groups is 1. The Kier molecular flexibility index (Phi) is 3.73. The first-order chi connectivity index (χ1) is 9.72. The van der Waals surface area contributed by atoms with E-state index in [1.165, 1.54) is 0 Å². The van der Waals surface area contributed by atoms with E-state index in [9.17, 15) is 4.79 Å². The summed E-state index contributed by atoms with van der Waals surface area (Å²) < 4.78 is 6.46. The molecule has 0 atom stereocenters. The van der Waals surface area contributed by atoms with Crippen LogP contribution in [0.3, 0.4) is 0 Å². The maximum atomic E-state index is 12.0. The molecule has 0 aliphatic heterocycles. The molecule has 4 heteroatoms. The molecule has 20 heavy (non-hydrogen) atoms. The molecule has 0 radical (unpaired) electrons. The zero-order valence-electron chi connectivity index (χ0n) is 10.6. The van der Waals surface area contributed by atoms with Gasteiger partial charge in [-0.25, -0.2) is 0 Å². The second-order valence-corrected chi connectivity index (χ2v) is 5.73. The lowest BCUT2D eigenvalue weighted by Crippen LogP contribution is -2.22. The van der Waals surface area contributed by atoms with E-state index < -0.39 is 0 Å². The van der Waals surface area contributed by atoms with Gasteiger partial charge in [0.25, 0.3) is 5.91 Å². The quantitative estimate of drug-likeness (QED) is 0.702. The van der Waals surface area contributed by atoms with E-state index in [-0.39, 0.29) is 5.91 Å². The predicted octanol–water partition coefficient (Wildman–Crippen LogP) is 3.97. The summed E-state index contributed by atoms with van der Waals surface area (Å²) in [5.41, 5.74) is 2.53. The van der Waals surface area contributed by atoms with Gasteiger partial charge in [-0.3, -0.25) is 4.79 Å². The Morgan fingerprint density at radius 3 is 2.70 bits per heavy atom. The standard InChI is InChI=1S/C16H12INO2/c17-14-5-3-13(4-6-14)16(19)18-10-11-1-2-12-7-8-20-15(12)9-11/h1-9H,10H2,(H,18,19). The SMILES string of the molecule is O=C(NCc1ccc2ccoc2c1)c1ccc(I)cc1. The first-order valence-electron chi connectivity index (χ1n) is 6.22. The van der Waals surface area contributed by atoms with Crippen molar-refractivity contribution in [2.45, 2.75) is 6.54 Å². The van der Waals surface area contributed by atoms with Crippen LogP contribution in [-0.4, -0.2) is 5.91 Å². The third-order valence-electron chi connectivity index (χ3n) is 3.08. The average Bonchev–Trinajstić information content (AvgIpc) is 2.93. The normalized spacial score (nSPS) is 10.7. The third kappa shape index (κ3) is 2.85. The molecule has 3 nitrogen and oxygen atoms in total. The molecular formula is C16H12INO2. The summed E-state index contributed by atoms with van der Waals surface area (Å²) >= 11 is 2.22. The van der Waals surface area contributed by atoms with Crippen molar-refractivity contribution in [1.29, 1.82) is 0 Å². The molecule has 3 rings (SSSR count). The molecule has 0 saturated carbocycles. The summed E-state index contributed by atoms with van der Waals surface area (Å²) in [6, 6.07) is 15.3. The van der Waals surface area contributed by atoms with Crippen LogP contribution in [-0.2, 0) is 6.54 Å². The van der Waals surface area contributed by atoms with Crippen molar-refractivity contribution in [2.75, 3.05) is 0 Å². The Balaban J connectivity index is 1.69. The number of benzene rings is 2. The number of amides is 1. The smallest absolute Gasteiger partial charge is 0.251 e. The molecule has 0 saturated heterocycles. The van der Waals surface area contributed by atoms with Gasteiger partial charge in [-0.1, -0.05) is 12.1 Å². The molecule has 1 aromatic heterocycles. The highest BCUT2D eigenvalue weighted by molar-refractivity contribution is 14.1. The third-order valence-corrected chi connectivity index (χ3v) is 3.80. The van der Waals surface area contributed by atoms with Crippen LogP contribution in [0.15, 0.2) is 59.2 Å². The number of nitrogens with one attached hydrogen (secondary N) is 1. The number of carbonyl (C=O) groups excluding carboxylic acids is 1. The highest BCUT2D eigenvalue weighted by Crippen LogP contribution is 2.17. The first kappa shape index (κ1) is 13.2. The van der Waals surface area contributed by atoms with Crippen molar-refractivity contribution in [1.82, 2.24) is 5.32 Å². The van der Waals surface area contributed by atoms with Crippen LogP contribution in [0, 0.1) is 3.57 Å². The number of furan rings is 1. The van der Waals surface area contributed by atoms with Crippen LogP contribution in [0.2, 0.25) is 0 Å². The van der Waals surface area contributed by atoms with Crippen LogP contribution in [0.25, 0.3) is 11.0 Å². The fraction of sp³-hybridized carbons (Fsp3) is 0.0625. The lowest BCUT2D eigenvalue weighted by atomic mass is 10.1. The molecule has 0 spiro atoms.